The van der Waals surface area contributed by atoms with Gasteiger partial charge in [0.1, 0.15) is 0 Å². The lowest BCUT2D eigenvalue weighted by atomic mass is 10.1. The van der Waals surface area contributed by atoms with Gasteiger partial charge in [0.2, 0.25) is 0 Å². The average molecular weight is 305 g/mol. The summed E-state index contributed by atoms with van der Waals surface area (Å²) in [5.41, 5.74) is 1.59. The van der Waals surface area contributed by atoms with Crippen LogP contribution in [0.2, 0.25) is 0 Å². The second kappa shape index (κ2) is 6.41. The van der Waals surface area contributed by atoms with E-state index in [1.54, 1.807) is 0 Å². The van der Waals surface area contributed by atoms with Crippen LogP contribution in [0.5, 0.6) is 0 Å². The van der Waals surface area contributed by atoms with Crippen LogP contribution in [0.1, 0.15) is 23.2 Å². The second-order valence-corrected chi connectivity index (χ2v) is 5.76. The van der Waals surface area contributed by atoms with Crippen LogP contribution in [0.25, 0.3) is 0 Å². The number of morpholine rings is 1. The lowest BCUT2D eigenvalue weighted by Crippen LogP contribution is -2.40. The fourth-order valence-corrected chi connectivity index (χ4v) is 2.51. The molecule has 2 aliphatic rings. The van der Waals surface area contributed by atoms with E-state index in [2.05, 4.69) is 10.6 Å². The first-order chi connectivity index (χ1) is 10.2. The van der Waals surface area contributed by atoms with Crippen molar-refractivity contribution in [2.24, 2.45) is 0 Å². The highest BCUT2D eigenvalue weighted by Gasteiger charge is 2.22. The van der Waals surface area contributed by atoms with E-state index in [0.29, 0.717) is 43.0 Å². The van der Waals surface area contributed by atoms with E-state index in [1.165, 1.54) is 12.8 Å². The molecule has 2 fully saturated rings. The summed E-state index contributed by atoms with van der Waals surface area (Å²) in [5.74, 6) is 0.0588. The first kappa shape index (κ1) is 14.3. The predicted molar refractivity (Wildman–Crippen MR) is 85.5 cm³/mol. The van der Waals surface area contributed by atoms with Crippen LogP contribution in [0, 0.1) is 0 Å². The lowest BCUT2D eigenvalue weighted by molar-refractivity contribution is 0.0303. The molecule has 1 aliphatic heterocycles. The number of hydrogen-bond donors (Lipinski definition) is 2. The molecule has 0 aromatic heterocycles. The Morgan fingerprint density at radius 1 is 1.19 bits per heavy atom. The van der Waals surface area contributed by atoms with Gasteiger partial charge in [-0.25, -0.2) is 0 Å². The fourth-order valence-electron chi connectivity index (χ4n) is 2.23. The van der Waals surface area contributed by atoms with Gasteiger partial charge in [-0.2, -0.15) is 0 Å². The molecule has 1 saturated carbocycles. The Kier molecular flexibility index (Phi) is 4.36. The maximum Gasteiger partial charge on any atom is 0.254 e. The van der Waals surface area contributed by atoms with Crippen molar-refractivity contribution in [3.8, 4) is 0 Å². The molecule has 6 heteroatoms. The summed E-state index contributed by atoms with van der Waals surface area (Å²) in [7, 11) is 0. The molecule has 0 radical (unpaired) electrons. The van der Waals surface area contributed by atoms with E-state index in [-0.39, 0.29) is 5.91 Å². The van der Waals surface area contributed by atoms with Crippen molar-refractivity contribution in [2.75, 3.05) is 31.6 Å². The molecule has 1 aliphatic carbocycles. The van der Waals surface area contributed by atoms with E-state index in [0.717, 1.165) is 5.69 Å². The van der Waals surface area contributed by atoms with Crippen molar-refractivity contribution >= 4 is 28.9 Å². The maximum atomic E-state index is 12.3. The summed E-state index contributed by atoms with van der Waals surface area (Å²) in [6.07, 6.45) is 2.38. The summed E-state index contributed by atoms with van der Waals surface area (Å²) in [4.78, 5) is 14.1. The Morgan fingerprint density at radius 2 is 1.86 bits per heavy atom. The highest BCUT2D eigenvalue weighted by molar-refractivity contribution is 7.80. The molecule has 1 aromatic rings. The van der Waals surface area contributed by atoms with Crippen LogP contribution in [-0.2, 0) is 4.74 Å². The molecule has 1 heterocycles. The number of nitrogens with zero attached hydrogens (tertiary/aromatic N) is 1. The van der Waals surface area contributed by atoms with Gasteiger partial charge in [-0.05, 0) is 49.3 Å². The topological polar surface area (TPSA) is 53.6 Å². The molecule has 3 rings (SSSR count). The molecule has 1 amide bonds. The first-order valence-electron chi connectivity index (χ1n) is 7.27. The minimum atomic E-state index is 0.0588. The largest absolute Gasteiger partial charge is 0.378 e. The normalized spacial score (nSPS) is 18.2. The molecule has 112 valence electrons. The standard InChI is InChI=1S/C15H19N3O2S/c19-14(18-7-9-20-10-8-18)11-1-3-12(4-2-11)16-15(21)17-13-5-6-13/h1-4,13H,5-10H2,(H2,16,17,21). The van der Waals surface area contributed by atoms with Crippen LogP contribution in [0.3, 0.4) is 0 Å². The molecule has 0 spiro atoms. The molecule has 21 heavy (non-hydrogen) atoms. The zero-order chi connectivity index (χ0) is 14.7. The van der Waals surface area contributed by atoms with E-state index < -0.39 is 0 Å². The number of carbonyl (C=O) groups excluding carboxylic acids is 1. The predicted octanol–water partition coefficient (Wildman–Crippen LogP) is 1.61. The summed E-state index contributed by atoms with van der Waals surface area (Å²) in [6, 6.07) is 7.97. The molecule has 5 nitrogen and oxygen atoms in total. The minimum absolute atomic E-state index is 0.0588. The number of benzene rings is 1. The molecule has 0 unspecified atom stereocenters. The van der Waals surface area contributed by atoms with Gasteiger partial charge in [0, 0.05) is 30.4 Å². The molecule has 2 N–H and O–H groups in total. The van der Waals surface area contributed by atoms with Gasteiger partial charge in [-0.15, -0.1) is 0 Å². The zero-order valence-electron chi connectivity index (χ0n) is 11.8. The molecular formula is C15H19N3O2S. The summed E-state index contributed by atoms with van der Waals surface area (Å²) in [6.45, 7) is 2.56. The van der Waals surface area contributed by atoms with Crippen LogP contribution < -0.4 is 10.6 Å². The van der Waals surface area contributed by atoms with Crippen LogP contribution >= 0.6 is 12.2 Å². The number of amides is 1. The van der Waals surface area contributed by atoms with Crippen LogP contribution in [-0.4, -0.2) is 48.3 Å². The third kappa shape index (κ3) is 3.92. The lowest BCUT2D eigenvalue weighted by Gasteiger charge is -2.26. The number of anilines is 1. The summed E-state index contributed by atoms with van der Waals surface area (Å²) in [5, 5.41) is 7.00. The van der Waals surface area contributed by atoms with Crippen molar-refractivity contribution in [3.63, 3.8) is 0 Å². The van der Waals surface area contributed by atoms with Gasteiger partial charge in [0.25, 0.3) is 5.91 Å². The summed E-state index contributed by atoms with van der Waals surface area (Å²) >= 11 is 5.23. The number of hydrogen-bond acceptors (Lipinski definition) is 3. The van der Waals surface area contributed by atoms with Crippen LogP contribution in [0.4, 0.5) is 5.69 Å². The van der Waals surface area contributed by atoms with Crippen LogP contribution in [0.15, 0.2) is 24.3 Å². The molecule has 1 saturated heterocycles. The third-order valence-corrected chi connectivity index (χ3v) is 3.82. The Morgan fingerprint density at radius 3 is 2.48 bits per heavy atom. The fraction of sp³-hybridized carbons (Fsp3) is 0.467. The van der Waals surface area contributed by atoms with Gasteiger partial charge in [0.05, 0.1) is 13.2 Å². The second-order valence-electron chi connectivity index (χ2n) is 5.35. The number of ether oxygens (including phenoxy) is 1. The van der Waals surface area contributed by atoms with Gasteiger partial charge in [0.15, 0.2) is 5.11 Å². The SMILES string of the molecule is O=C(c1ccc(NC(=S)NC2CC2)cc1)N1CCOCC1. The molecule has 1 aromatic carbocycles. The zero-order valence-corrected chi connectivity index (χ0v) is 12.6. The molecule has 0 bridgehead atoms. The van der Waals surface area contributed by atoms with E-state index in [1.807, 2.05) is 29.2 Å². The number of nitrogens with one attached hydrogen (secondary N) is 2. The molecular weight excluding hydrogens is 286 g/mol. The first-order valence-corrected chi connectivity index (χ1v) is 7.68. The highest BCUT2D eigenvalue weighted by Crippen LogP contribution is 2.19. The highest BCUT2D eigenvalue weighted by atomic mass is 32.1. The monoisotopic (exact) mass is 305 g/mol. The van der Waals surface area contributed by atoms with E-state index in [4.69, 9.17) is 17.0 Å². The van der Waals surface area contributed by atoms with Crippen molar-refractivity contribution in [1.29, 1.82) is 0 Å². The Balaban J connectivity index is 1.57. The van der Waals surface area contributed by atoms with Gasteiger partial charge < -0.3 is 20.3 Å². The number of rotatable bonds is 3. The van der Waals surface area contributed by atoms with E-state index >= 15 is 0 Å². The minimum Gasteiger partial charge on any atom is -0.378 e. The number of thiocarbonyl (C=S) groups is 1. The van der Waals surface area contributed by atoms with Crippen molar-refractivity contribution in [2.45, 2.75) is 18.9 Å². The van der Waals surface area contributed by atoms with Gasteiger partial charge in [-0.3, -0.25) is 4.79 Å². The van der Waals surface area contributed by atoms with E-state index in [9.17, 15) is 4.79 Å². The maximum absolute atomic E-state index is 12.3. The Bertz CT molecular complexity index is 522. The Labute approximate surface area is 129 Å². The van der Waals surface area contributed by atoms with Crippen molar-refractivity contribution in [1.82, 2.24) is 10.2 Å². The average Bonchev–Trinajstić information content (AvgIpc) is 3.32. The number of carbonyl (C=O) groups is 1. The van der Waals surface area contributed by atoms with Crippen molar-refractivity contribution < 1.29 is 9.53 Å². The third-order valence-electron chi connectivity index (χ3n) is 3.60. The smallest absolute Gasteiger partial charge is 0.254 e. The molecule has 0 atom stereocenters. The summed E-state index contributed by atoms with van der Waals surface area (Å²) < 4.78 is 5.26. The Hall–Kier alpha value is -1.66. The van der Waals surface area contributed by atoms with Crippen molar-refractivity contribution in [3.05, 3.63) is 29.8 Å². The van der Waals surface area contributed by atoms with Gasteiger partial charge >= 0.3 is 0 Å². The quantitative estimate of drug-likeness (QED) is 0.831. The van der Waals surface area contributed by atoms with Gasteiger partial charge in [-0.1, -0.05) is 0 Å².